The van der Waals surface area contributed by atoms with E-state index in [0.717, 1.165) is 32.0 Å². The summed E-state index contributed by atoms with van der Waals surface area (Å²) in [6.45, 7) is 7.92. The second-order valence-corrected chi connectivity index (χ2v) is 11.5. The molecule has 0 radical (unpaired) electrons. The van der Waals surface area contributed by atoms with Gasteiger partial charge in [-0.25, -0.2) is 9.59 Å². The van der Waals surface area contributed by atoms with E-state index in [1.54, 1.807) is 59.6 Å². The first-order valence-electron chi connectivity index (χ1n) is 9.51. The van der Waals surface area contributed by atoms with Crippen LogP contribution >= 0.6 is 31.4 Å². The molecular weight excluding hydrogens is 452 g/mol. The topological polar surface area (TPSA) is 59.1 Å². The summed E-state index contributed by atoms with van der Waals surface area (Å²) in [5.74, 6) is 1.11. The highest BCUT2D eigenvalue weighted by molar-refractivity contribution is 9.09. The van der Waals surface area contributed by atoms with Crippen LogP contribution < -0.4 is 9.47 Å². The van der Waals surface area contributed by atoms with Crippen molar-refractivity contribution in [2.75, 3.05) is 28.2 Å². The van der Waals surface area contributed by atoms with E-state index >= 15 is 0 Å². The second-order valence-electron chi connectivity index (χ2n) is 7.53. The molecule has 0 heterocycles. The van der Waals surface area contributed by atoms with Crippen LogP contribution in [-0.4, -0.2) is 50.2 Å². The Kier molecular flexibility index (Phi) is 9.02. The van der Waals surface area contributed by atoms with Crippen molar-refractivity contribution in [3.63, 3.8) is 0 Å². The average Bonchev–Trinajstić information content (AvgIpc) is 2.68. The lowest BCUT2D eigenvalue weighted by Gasteiger charge is -2.15. The van der Waals surface area contributed by atoms with Crippen molar-refractivity contribution >= 4 is 43.6 Å². The number of ether oxygens (including phenoxy) is 2. The molecular formula is C22H28N2O4S3. The van der Waals surface area contributed by atoms with Gasteiger partial charge in [-0.05, 0) is 93.5 Å². The molecule has 0 saturated carbocycles. The Morgan fingerprint density at radius 3 is 1.32 bits per heavy atom. The van der Waals surface area contributed by atoms with E-state index in [-0.39, 0.29) is 0 Å². The van der Waals surface area contributed by atoms with Gasteiger partial charge in [0.15, 0.2) is 0 Å². The molecule has 2 rings (SSSR count). The van der Waals surface area contributed by atoms with E-state index < -0.39 is 12.2 Å². The highest BCUT2D eigenvalue weighted by Gasteiger charge is 2.15. The van der Waals surface area contributed by atoms with Crippen LogP contribution in [0.3, 0.4) is 0 Å². The molecule has 0 atom stereocenters. The zero-order chi connectivity index (χ0) is 23.3. The molecule has 2 amide bonds. The number of amides is 2. The second kappa shape index (κ2) is 11.1. The molecule has 9 heteroatoms. The van der Waals surface area contributed by atoms with E-state index in [0.29, 0.717) is 11.5 Å². The number of carbonyl (C=O) groups excluding carboxylic acids is 2. The van der Waals surface area contributed by atoms with E-state index in [4.69, 9.17) is 9.47 Å². The van der Waals surface area contributed by atoms with Crippen LogP contribution in [0, 0.1) is 27.7 Å². The Labute approximate surface area is 195 Å². The van der Waals surface area contributed by atoms with Gasteiger partial charge in [0.1, 0.15) is 11.5 Å². The molecule has 31 heavy (non-hydrogen) atoms. The molecule has 2 aromatic carbocycles. The number of carbonyl (C=O) groups is 2. The molecule has 2 aromatic rings. The lowest BCUT2D eigenvalue weighted by Crippen LogP contribution is -2.25. The quantitative estimate of drug-likeness (QED) is 0.438. The monoisotopic (exact) mass is 480 g/mol. The van der Waals surface area contributed by atoms with Crippen molar-refractivity contribution in [1.29, 1.82) is 0 Å². The first kappa shape index (κ1) is 25.3. The standard InChI is InChI=1S/C22H28N2O4S3/c1-13-9-15(3)19(11-17(13)27-21(25)23(5)6)29-31-30-20-12-18(14(2)10-16(20)4)28-22(26)24(7)8/h9-12H,1-8H3. The normalized spacial score (nSPS) is 10.6. The number of hydrogen-bond donors (Lipinski definition) is 0. The Balaban J connectivity index is 2.12. The zero-order valence-electron chi connectivity index (χ0n) is 19.1. The molecule has 168 valence electrons. The highest BCUT2D eigenvalue weighted by atomic mass is 33.5. The minimum Gasteiger partial charge on any atom is -0.410 e. The Bertz CT molecular complexity index is 900. The van der Waals surface area contributed by atoms with Gasteiger partial charge in [-0.3, -0.25) is 0 Å². The first-order chi connectivity index (χ1) is 14.5. The fourth-order valence-electron chi connectivity index (χ4n) is 2.49. The molecule has 0 fully saturated rings. The van der Waals surface area contributed by atoms with Crippen LogP contribution in [-0.2, 0) is 0 Å². The van der Waals surface area contributed by atoms with Gasteiger partial charge in [-0.1, -0.05) is 12.1 Å². The Morgan fingerprint density at radius 2 is 1.00 bits per heavy atom. The maximum Gasteiger partial charge on any atom is 0.414 e. The summed E-state index contributed by atoms with van der Waals surface area (Å²) in [6.07, 6.45) is -0.806. The molecule has 0 aliphatic carbocycles. The summed E-state index contributed by atoms with van der Waals surface area (Å²) >= 11 is 0. The third-order valence-corrected chi connectivity index (χ3v) is 8.40. The lowest BCUT2D eigenvalue weighted by molar-refractivity contribution is 0.170. The molecule has 0 bridgehead atoms. The summed E-state index contributed by atoms with van der Waals surface area (Å²) < 4.78 is 11.0. The minimum atomic E-state index is -0.403. The molecule has 0 aromatic heterocycles. The van der Waals surface area contributed by atoms with E-state index in [1.165, 1.54) is 9.80 Å². The molecule has 0 saturated heterocycles. The van der Waals surface area contributed by atoms with Crippen LogP contribution in [0.2, 0.25) is 0 Å². The Morgan fingerprint density at radius 1 is 0.645 bits per heavy atom. The zero-order valence-corrected chi connectivity index (χ0v) is 21.5. The van der Waals surface area contributed by atoms with Gasteiger partial charge in [0, 0.05) is 38.0 Å². The molecule has 0 aliphatic heterocycles. The number of rotatable bonds is 6. The van der Waals surface area contributed by atoms with Crippen LogP contribution in [0.5, 0.6) is 11.5 Å². The summed E-state index contributed by atoms with van der Waals surface area (Å²) in [5, 5.41) is 0. The largest absolute Gasteiger partial charge is 0.414 e. The van der Waals surface area contributed by atoms with Gasteiger partial charge in [0.05, 0.1) is 0 Å². The molecule has 6 nitrogen and oxygen atoms in total. The predicted octanol–water partition coefficient (Wildman–Crippen LogP) is 6.49. The van der Waals surface area contributed by atoms with Gasteiger partial charge in [-0.15, -0.1) is 0 Å². The van der Waals surface area contributed by atoms with Crippen molar-refractivity contribution in [2.24, 2.45) is 0 Å². The summed E-state index contributed by atoms with van der Waals surface area (Å²) in [5.41, 5.74) is 4.05. The smallest absolute Gasteiger partial charge is 0.410 e. The third-order valence-electron chi connectivity index (χ3n) is 4.32. The van der Waals surface area contributed by atoms with Gasteiger partial charge in [0.2, 0.25) is 0 Å². The van der Waals surface area contributed by atoms with Crippen LogP contribution in [0.25, 0.3) is 0 Å². The minimum absolute atomic E-state index is 0.403. The van der Waals surface area contributed by atoms with Crippen molar-refractivity contribution in [3.05, 3.63) is 46.5 Å². The molecule has 0 unspecified atom stereocenters. The van der Waals surface area contributed by atoms with Gasteiger partial charge in [0.25, 0.3) is 0 Å². The average molecular weight is 481 g/mol. The van der Waals surface area contributed by atoms with E-state index in [9.17, 15) is 9.59 Å². The maximum absolute atomic E-state index is 11.9. The summed E-state index contributed by atoms with van der Waals surface area (Å²) in [6, 6.07) is 7.83. The van der Waals surface area contributed by atoms with Crippen molar-refractivity contribution < 1.29 is 19.1 Å². The number of nitrogens with zero attached hydrogens (tertiary/aromatic N) is 2. The van der Waals surface area contributed by atoms with Crippen LogP contribution in [0.4, 0.5) is 9.59 Å². The molecule has 0 N–H and O–H groups in total. The van der Waals surface area contributed by atoms with Gasteiger partial charge < -0.3 is 19.3 Å². The summed E-state index contributed by atoms with van der Waals surface area (Å²) in [4.78, 5) is 28.7. The van der Waals surface area contributed by atoms with Gasteiger partial charge in [-0.2, -0.15) is 0 Å². The van der Waals surface area contributed by atoms with Gasteiger partial charge >= 0.3 is 12.2 Å². The Hall–Kier alpha value is -1.97. The fourth-order valence-corrected chi connectivity index (χ4v) is 6.60. The van der Waals surface area contributed by atoms with Crippen molar-refractivity contribution in [1.82, 2.24) is 9.80 Å². The highest BCUT2D eigenvalue weighted by Crippen LogP contribution is 2.48. The first-order valence-corrected chi connectivity index (χ1v) is 13.0. The summed E-state index contributed by atoms with van der Waals surface area (Å²) in [7, 11) is 11.4. The lowest BCUT2D eigenvalue weighted by atomic mass is 10.1. The number of benzene rings is 2. The number of hydrogen-bond acceptors (Lipinski definition) is 7. The third kappa shape index (κ3) is 7.02. The van der Waals surface area contributed by atoms with Crippen molar-refractivity contribution in [2.45, 2.75) is 37.5 Å². The van der Waals surface area contributed by atoms with E-state index in [1.807, 2.05) is 52.0 Å². The number of aryl methyl sites for hydroxylation is 4. The molecule has 0 aliphatic rings. The molecule has 0 spiro atoms. The maximum atomic E-state index is 11.9. The van der Waals surface area contributed by atoms with E-state index in [2.05, 4.69) is 0 Å². The van der Waals surface area contributed by atoms with Crippen LogP contribution in [0.15, 0.2) is 34.1 Å². The van der Waals surface area contributed by atoms with Crippen molar-refractivity contribution in [3.8, 4) is 11.5 Å². The van der Waals surface area contributed by atoms with Crippen LogP contribution in [0.1, 0.15) is 22.3 Å². The fraction of sp³-hybridized carbons (Fsp3) is 0.364. The predicted molar refractivity (Wildman–Crippen MR) is 131 cm³/mol. The SMILES string of the molecule is Cc1cc(C)c(SSSc2cc(OC(=O)N(C)C)c(C)cc2C)cc1OC(=O)N(C)C.